The van der Waals surface area contributed by atoms with Gasteiger partial charge in [0.05, 0.1) is 17.9 Å². The third kappa shape index (κ3) is 3.92. The molecule has 0 amide bonds. The van der Waals surface area contributed by atoms with Gasteiger partial charge < -0.3 is 19.7 Å². The van der Waals surface area contributed by atoms with Gasteiger partial charge in [0, 0.05) is 18.1 Å². The Hall–Kier alpha value is -0.960. The minimum atomic E-state index is -0.192. The maximum absolute atomic E-state index is 9.87. The second-order valence-corrected chi connectivity index (χ2v) is 8.71. The van der Waals surface area contributed by atoms with Gasteiger partial charge in [0.2, 0.25) is 0 Å². The monoisotopic (exact) mass is 594 g/mol. The topological polar surface area (TPSA) is 73.8 Å². The molecular formula is C17H10Br4O4. The van der Waals surface area contributed by atoms with Crippen molar-refractivity contribution in [1.82, 2.24) is 0 Å². The van der Waals surface area contributed by atoms with E-state index < -0.39 is 0 Å². The Labute approximate surface area is 177 Å². The number of benzene rings is 2. The predicted molar refractivity (Wildman–Crippen MR) is 109 cm³/mol. The molecular weight excluding hydrogens is 588 g/mol. The van der Waals surface area contributed by atoms with Gasteiger partial charge >= 0.3 is 0 Å². The van der Waals surface area contributed by atoms with Crippen LogP contribution in [0.4, 0.5) is 0 Å². The molecule has 0 aliphatic rings. The largest absolute Gasteiger partial charge is 0.506 e. The second-order valence-electron chi connectivity index (χ2n) is 5.29. The molecule has 0 radical (unpaired) electrons. The van der Waals surface area contributed by atoms with E-state index >= 15 is 0 Å². The van der Waals surface area contributed by atoms with Gasteiger partial charge in [0.15, 0.2) is 0 Å². The summed E-state index contributed by atoms with van der Waals surface area (Å²) in [5.41, 5.74) is 2.36. The molecule has 3 rings (SSSR count). The zero-order chi connectivity index (χ0) is 18.3. The van der Waals surface area contributed by atoms with E-state index in [-0.39, 0.29) is 17.4 Å². The Balaban J connectivity index is 2.05. The molecule has 0 unspecified atom stereocenters. The average molecular weight is 598 g/mol. The highest BCUT2D eigenvalue weighted by atomic mass is 79.9. The fourth-order valence-electron chi connectivity index (χ4n) is 2.42. The Morgan fingerprint density at radius 1 is 0.720 bits per heavy atom. The van der Waals surface area contributed by atoms with Crippen LogP contribution in [0.2, 0.25) is 0 Å². The summed E-state index contributed by atoms with van der Waals surface area (Å²) in [6.07, 6.45) is 0.406. The first-order chi connectivity index (χ1) is 11.8. The van der Waals surface area contributed by atoms with E-state index in [4.69, 9.17) is 4.42 Å². The number of hydrogen-bond donors (Lipinski definition) is 3. The Morgan fingerprint density at radius 3 is 1.72 bits per heavy atom. The lowest BCUT2D eigenvalue weighted by molar-refractivity contribution is 0.321. The van der Waals surface area contributed by atoms with Crippen LogP contribution in [0, 0.1) is 0 Å². The van der Waals surface area contributed by atoms with Crippen LogP contribution in [0.3, 0.4) is 0 Å². The molecule has 1 aromatic heterocycles. The van der Waals surface area contributed by atoms with Crippen molar-refractivity contribution in [1.29, 1.82) is 0 Å². The van der Waals surface area contributed by atoms with Crippen molar-refractivity contribution in [3.05, 3.63) is 59.5 Å². The Kier molecular flexibility index (Phi) is 5.53. The number of furan rings is 1. The zero-order valence-corrected chi connectivity index (χ0v) is 18.7. The van der Waals surface area contributed by atoms with E-state index in [1.54, 1.807) is 24.3 Å². The molecule has 0 bridgehead atoms. The lowest BCUT2D eigenvalue weighted by Crippen LogP contribution is -1.90. The summed E-state index contributed by atoms with van der Waals surface area (Å²) in [4.78, 5) is 0. The molecule has 0 atom stereocenters. The quantitative estimate of drug-likeness (QED) is 0.314. The lowest BCUT2D eigenvalue weighted by Gasteiger charge is -2.08. The molecule has 0 aliphatic carbocycles. The van der Waals surface area contributed by atoms with Crippen molar-refractivity contribution < 1.29 is 19.7 Å². The summed E-state index contributed by atoms with van der Waals surface area (Å²) in [6.45, 7) is 0. The molecule has 1 heterocycles. The van der Waals surface area contributed by atoms with E-state index in [1.807, 2.05) is 0 Å². The van der Waals surface area contributed by atoms with Gasteiger partial charge in [-0.25, -0.2) is 0 Å². The lowest BCUT2D eigenvalue weighted by atomic mass is 10.0. The molecule has 0 spiro atoms. The minimum Gasteiger partial charge on any atom is -0.506 e. The molecule has 0 aliphatic heterocycles. The summed E-state index contributed by atoms with van der Waals surface area (Å²) in [7, 11) is 0. The number of rotatable bonds is 3. The Bertz CT molecular complexity index is 919. The minimum absolute atomic E-state index is 0.101. The van der Waals surface area contributed by atoms with Crippen molar-refractivity contribution >= 4 is 63.7 Å². The van der Waals surface area contributed by atoms with Crippen molar-refractivity contribution in [3.63, 3.8) is 0 Å². The van der Waals surface area contributed by atoms with Crippen LogP contribution in [-0.2, 0) is 6.42 Å². The first-order valence-electron chi connectivity index (χ1n) is 6.93. The summed E-state index contributed by atoms with van der Waals surface area (Å²) in [5.74, 6) is 0.593. The highest BCUT2D eigenvalue weighted by molar-refractivity contribution is 9.11. The maximum Gasteiger partial charge on any atom is 0.282 e. The Morgan fingerprint density at radius 2 is 1.20 bits per heavy atom. The summed E-state index contributed by atoms with van der Waals surface area (Å²) in [6, 6.07) is 8.59. The molecule has 4 nitrogen and oxygen atoms in total. The van der Waals surface area contributed by atoms with E-state index in [2.05, 4.69) is 63.7 Å². The fraction of sp³-hybridized carbons (Fsp3) is 0.0588. The van der Waals surface area contributed by atoms with E-state index in [1.165, 1.54) is 6.07 Å². The van der Waals surface area contributed by atoms with Gasteiger partial charge in [-0.05, 0) is 99.1 Å². The van der Waals surface area contributed by atoms with E-state index in [0.29, 0.717) is 35.6 Å². The van der Waals surface area contributed by atoms with Gasteiger partial charge in [-0.1, -0.05) is 0 Å². The molecule has 3 N–H and O–H groups in total. The maximum atomic E-state index is 9.87. The number of aromatic hydroxyl groups is 3. The second kappa shape index (κ2) is 7.34. The average Bonchev–Trinajstić information content (AvgIpc) is 2.90. The van der Waals surface area contributed by atoms with Crippen LogP contribution in [0.5, 0.6) is 17.4 Å². The van der Waals surface area contributed by atoms with Gasteiger partial charge in [-0.2, -0.15) is 0 Å². The third-order valence-corrected chi connectivity index (χ3v) is 5.98. The highest BCUT2D eigenvalue weighted by Gasteiger charge is 2.17. The third-order valence-electron chi connectivity index (χ3n) is 3.57. The molecule has 130 valence electrons. The fourth-order valence-corrected chi connectivity index (χ4v) is 4.88. The van der Waals surface area contributed by atoms with E-state index in [0.717, 1.165) is 11.1 Å². The number of hydrogen-bond acceptors (Lipinski definition) is 4. The molecule has 0 saturated heterocycles. The molecule has 2 aromatic carbocycles. The van der Waals surface area contributed by atoms with E-state index in [9.17, 15) is 15.3 Å². The molecule has 3 aromatic rings. The molecule has 0 fully saturated rings. The number of halogens is 4. The normalized spacial score (nSPS) is 11.0. The van der Waals surface area contributed by atoms with Crippen LogP contribution < -0.4 is 0 Å². The SMILES string of the molecule is Oc1cc(-c2cc(Br)c(O)c(Br)c2)c(Cc2cc(Br)c(O)c(Br)c2)o1. The smallest absolute Gasteiger partial charge is 0.282 e. The van der Waals surface area contributed by atoms with Crippen molar-refractivity contribution in [2.45, 2.75) is 6.42 Å². The van der Waals surface area contributed by atoms with Gasteiger partial charge in [0.1, 0.15) is 17.3 Å². The van der Waals surface area contributed by atoms with Crippen LogP contribution in [-0.4, -0.2) is 15.3 Å². The van der Waals surface area contributed by atoms with Gasteiger partial charge in [-0.3, -0.25) is 0 Å². The molecule has 25 heavy (non-hydrogen) atoms. The predicted octanol–water partition coefficient (Wildman–Crippen LogP) is 6.70. The van der Waals surface area contributed by atoms with Crippen molar-refractivity contribution in [3.8, 4) is 28.6 Å². The first kappa shape index (κ1) is 18.8. The van der Waals surface area contributed by atoms with Crippen molar-refractivity contribution in [2.75, 3.05) is 0 Å². The van der Waals surface area contributed by atoms with Crippen molar-refractivity contribution in [2.24, 2.45) is 0 Å². The first-order valence-corrected chi connectivity index (χ1v) is 10.1. The number of phenolic OH excluding ortho intramolecular Hbond substituents is 2. The molecule has 0 saturated carbocycles. The van der Waals surface area contributed by atoms with Crippen LogP contribution >= 0.6 is 63.7 Å². The summed E-state index contributed by atoms with van der Waals surface area (Å²) >= 11 is 13.2. The van der Waals surface area contributed by atoms with Gasteiger partial charge in [0.25, 0.3) is 5.95 Å². The highest BCUT2D eigenvalue weighted by Crippen LogP contribution is 2.41. The molecule has 8 heteroatoms. The van der Waals surface area contributed by atoms with Gasteiger partial charge in [-0.15, -0.1) is 0 Å². The van der Waals surface area contributed by atoms with Crippen LogP contribution in [0.15, 0.2) is 52.6 Å². The summed E-state index contributed by atoms with van der Waals surface area (Å²) < 4.78 is 7.63. The summed E-state index contributed by atoms with van der Waals surface area (Å²) in [5, 5.41) is 29.5. The zero-order valence-electron chi connectivity index (χ0n) is 12.4. The number of phenols is 2. The van der Waals surface area contributed by atoms with Crippen LogP contribution in [0.1, 0.15) is 11.3 Å². The standard InChI is InChI=1S/C17H10Br4O4/c18-10-1-7(2-11(19)16(10)23)3-14-9(6-15(22)25-14)8-4-12(20)17(24)13(21)5-8/h1-2,4-6,22-24H,3H2. The van der Waals surface area contributed by atoms with Crippen LogP contribution in [0.25, 0.3) is 11.1 Å².